The highest BCUT2D eigenvalue weighted by atomic mass is 79.9. The number of amides is 1. The van der Waals surface area contributed by atoms with Crippen LogP contribution in [0.5, 0.6) is 5.75 Å². The Bertz CT molecular complexity index is 1060. The molecule has 0 saturated heterocycles. The van der Waals surface area contributed by atoms with E-state index in [0.717, 1.165) is 4.47 Å². The van der Waals surface area contributed by atoms with Gasteiger partial charge in [0.05, 0.1) is 4.90 Å². The SMILES string of the molecule is O=C(COc1cccc(Br)c1)Nc1ccc(S(=O)(=O)Nc2ncccn2)cc1. The summed E-state index contributed by atoms with van der Waals surface area (Å²) in [4.78, 5) is 19.7. The number of aromatic nitrogens is 2. The average Bonchev–Trinajstić information content (AvgIpc) is 2.67. The molecule has 3 aromatic rings. The maximum absolute atomic E-state index is 12.3. The highest BCUT2D eigenvalue weighted by Gasteiger charge is 2.15. The summed E-state index contributed by atoms with van der Waals surface area (Å²) >= 11 is 3.32. The van der Waals surface area contributed by atoms with Gasteiger partial charge in [-0.25, -0.2) is 23.1 Å². The fraction of sp³-hybridized carbons (Fsp3) is 0.0556. The van der Waals surface area contributed by atoms with E-state index in [1.807, 2.05) is 6.07 Å². The van der Waals surface area contributed by atoms with Crippen LogP contribution in [0.3, 0.4) is 0 Å². The van der Waals surface area contributed by atoms with E-state index in [2.05, 4.69) is 35.9 Å². The zero-order chi connectivity index (χ0) is 20.0. The van der Waals surface area contributed by atoms with Gasteiger partial charge in [-0.2, -0.15) is 0 Å². The predicted molar refractivity (Wildman–Crippen MR) is 108 cm³/mol. The number of benzene rings is 2. The molecule has 0 bridgehead atoms. The largest absolute Gasteiger partial charge is 0.484 e. The molecule has 2 N–H and O–H groups in total. The summed E-state index contributed by atoms with van der Waals surface area (Å²) in [5.74, 6) is 0.163. The molecule has 0 fully saturated rings. The van der Waals surface area contributed by atoms with Gasteiger partial charge in [0.2, 0.25) is 5.95 Å². The molecule has 0 aliphatic rings. The number of sulfonamides is 1. The van der Waals surface area contributed by atoms with Gasteiger partial charge in [-0.15, -0.1) is 0 Å². The van der Waals surface area contributed by atoms with Crippen LogP contribution in [0.1, 0.15) is 0 Å². The van der Waals surface area contributed by atoms with Crippen LogP contribution in [-0.4, -0.2) is 30.9 Å². The van der Waals surface area contributed by atoms with Crippen molar-refractivity contribution in [1.82, 2.24) is 9.97 Å². The maximum Gasteiger partial charge on any atom is 0.264 e. The van der Waals surface area contributed by atoms with Crippen LogP contribution in [0.2, 0.25) is 0 Å². The summed E-state index contributed by atoms with van der Waals surface area (Å²) in [6.07, 6.45) is 2.86. The first-order valence-corrected chi connectivity index (χ1v) is 10.3. The molecule has 0 unspecified atom stereocenters. The van der Waals surface area contributed by atoms with Crippen molar-refractivity contribution in [1.29, 1.82) is 0 Å². The smallest absolute Gasteiger partial charge is 0.264 e. The van der Waals surface area contributed by atoms with E-state index in [0.29, 0.717) is 11.4 Å². The first-order chi connectivity index (χ1) is 13.4. The predicted octanol–water partition coefficient (Wildman–Crippen LogP) is 3.06. The fourth-order valence-electron chi connectivity index (χ4n) is 2.15. The van der Waals surface area contributed by atoms with Crippen molar-refractivity contribution < 1.29 is 17.9 Å². The fourth-order valence-corrected chi connectivity index (χ4v) is 3.49. The van der Waals surface area contributed by atoms with Gasteiger partial charge in [-0.3, -0.25) is 4.79 Å². The molecule has 1 amide bonds. The third kappa shape index (κ3) is 5.51. The Hall–Kier alpha value is -2.98. The lowest BCUT2D eigenvalue weighted by Gasteiger charge is -2.09. The molecule has 3 rings (SSSR count). The number of hydrogen-bond acceptors (Lipinski definition) is 6. The van der Waals surface area contributed by atoms with Crippen LogP contribution in [0.15, 0.2) is 76.4 Å². The lowest BCUT2D eigenvalue weighted by molar-refractivity contribution is -0.118. The van der Waals surface area contributed by atoms with Gasteiger partial charge < -0.3 is 10.1 Å². The molecule has 2 aromatic carbocycles. The first-order valence-electron chi connectivity index (χ1n) is 8.00. The average molecular weight is 463 g/mol. The molecule has 28 heavy (non-hydrogen) atoms. The minimum Gasteiger partial charge on any atom is -0.484 e. The summed E-state index contributed by atoms with van der Waals surface area (Å²) in [6, 6.07) is 14.4. The zero-order valence-corrected chi connectivity index (χ0v) is 16.8. The van der Waals surface area contributed by atoms with Crippen LogP contribution < -0.4 is 14.8 Å². The van der Waals surface area contributed by atoms with Crippen molar-refractivity contribution >= 4 is 43.5 Å². The van der Waals surface area contributed by atoms with Crippen molar-refractivity contribution in [3.05, 3.63) is 71.5 Å². The highest BCUT2D eigenvalue weighted by Crippen LogP contribution is 2.18. The molecule has 0 spiro atoms. The highest BCUT2D eigenvalue weighted by molar-refractivity contribution is 9.10. The number of rotatable bonds is 7. The quantitative estimate of drug-likeness (QED) is 0.558. The zero-order valence-electron chi connectivity index (χ0n) is 14.4. The second kappa shape index (κ2) is 8.81. The van der Waals surface area contributed by atoms with Crippen molar-refractivity contribution in [2.24, 2.45) is 0 Å². The van der Waals surface area contributed by atoms with E-state index in [4.69, 9.17) is 4.74 Å². The van der Waals surface area contributed by atoms with Gasteiger partial charge in [0.25, 0.3) is 15.9 Å². The van der Waals surface area contributed by atoms with E-state index < -0.39 is 10.0 Å². The maximum atomic E-state index is 12.3. The Morgan fingerprint density at radius 1 is 1.04 bits per heavy atom. The summed E-state index contributed by atoms with van der Waals surface area (Å²) in [6.45, 7) is -0.177. The van der Waals surface area contributed by atoms with Crippen molar-refractivity contribution in [3.8, 4) is 5.75 Å². The molecular weight excluding hydrogens is 448 g/mol. The van der Waals surface area contributed by atoms with Gasteiger partial charge in [-0.05, 0) is 48.5 Å². The topological polar surface area (TPSA) is 110 Å². The van der Waals surface area contributed by atoms with Crippen molar-refractivity contribution in [3.63, 3.8) is 0 Å². The number of nitrogens with zero attached hydrogens (tertiary/aromatic N) is 2. The lowest BCUT2D eigenvalue weighted by atomic mass is 10.3. The molecule has 10 heteroatoms. The minimum absolute atomic E-state index is 0.0170. The summed E-state index contributed by atoms with van der Waals surface area (Å²) in [5.41, 5.74) is 0.442. The molecule has 0 aliphatic heterocycles. The Kier molecular flexibility index (Phi) is 6.22. The molecule has 0 radical (unpaired) electrons. The molecular formula is C18H15BrN4O4S. The molecule has 0 atom stereocenters. The standard InChI is InChI=1S/C18H15BrN4O4S/c19-13-3-1-4-15(11-13)27-12-17(24)22-14-5-7-16(8-6-14)28(25,26)23-18-20-9-2-10-21-18/h1-11H,12H2,(H,22,24)(H,20,21,23). The molecule has 1 heterocycles. The molecule has 8 nitrogen and oxygen atoms in total. The number of carbonyl (C=O) groups is 1. The van der Waals surface area contributed by atoms with Gasteiger partial charge in [0.15, 0.2) is 6.61 Å². The Balaban J connectivity index is 1.58. The van der Waals surface area contributed by atoms with Crippen LogP contribution >= 0.6 is 15.9 Å². The number of nitrogens with one attached hydrogen (secondary N) is 2. The van der Waals surface area contributed by atoms with Crippen LogP contribution in [0.4, 0.5) is 11.6 Å². The Morgan fingerprint density at radius 2 is 1.75 bits per heavy atom. The number of halogens is 1. The van der Waals surface area contributed by atoms with Crippen molar-refractivity contribution in [2.75, 3.05) is 16.6 Å². The number of carbonyl (C=O) groups excluding carboxylic acids is 1. The number of anilines is 2. The molecule has 144 valence electrons. The monoisotopic (exact) mass is 462 g/mol. The third-order valence-electron chi connectivity index (χ3n) is 3.41. The van der Waals surface area contributed by atoms with Crippen LogP contribution in [0.25, 0.3) is 0 Å². The molecule has 1 aromatic heterocycles. The summed E-state index contributed by atoms with van der Waals surface area (Å²) in [7, 11) is -3.83. The van der Waals surface area contributed by atoms with Gasteiger partial charge in [0, 0.05) is 22.6 Å². The van der Waals surface area contributed by atoms with E-state index in [-0.39, 0.29) is 23.4 Å². The second-order valence-corrected chi connectivity index (χ2v) is 8.09. The summed E-state index contributed by atoms with van der Waals surface area (Å²) < 4.78 is 33.2. The van der Waals surface area contributed by atoms with E-state index >= 15 is 0 Å². The van der Waals surface area contributed by atoms with Crippen molar-refractivity contribution in [2.45, 2.75) is 4.90 Å². The number of hydrogen-bond donors (Lipinski definition) is 2. The Labute approximate surface area is 170 Å². The minimum atomic E-state index is -3.83. The third-order valence-corrected chi connectivity index (χ3v) is 5.24. The normalized spacial score (nSPS) is 10.9. The van der Waals surface area contributed by atoms with E-state index in [1.165, 1.54) is 36.7 Å². The Morgan fingerprint density at radius 3 is 2.43 bits per heavy atom. The first kappa shape index (κ1) is 19.8. The van der Waals surface area contributed by atoms with Gasteiger partial charge in [-0.1, -0.05) is 22.0 Å². The van der Waals surface area contributed by atoms with Crippen LogP contribution in [0, 0.1) is 0 Å². The van der Waals surface area contributed by atoms with Gasteiger partial charge in [0.1, 0.15) is 5.75 Å². The second-order valence-electron chi connectivity index (χ2n) is 5.50. The van der Waals surface area contributed by atoms with E-state index in [9.17, 15) is 13.2 Å². The lowest BCUT2D eigenvalue weighted by Crippen LogP contribution is -2.20. The van der Waals surface area contributed by atoms with Crippen LogP contribution in [-0.2, 0) is 14.8 Å². The van der Waals surface area contributed by atoms with Gasteiger partial charge >= 0.3 is 0 Å². The van der Waals surface area contributed by atoms with E-state index in [1.54, 1.807) is 24.3 Å². The number of ether oxygens (including phenoxy) is 1. The molecule has 0 saturated carbocycles. The summed E-state index contributed by atoms with van der Waals surface area (Å²) in [5, 5.41) is 2.64. The molecule has 0 aliphatic carbocycles.